The molecule has 0 aromatic carbocycles. The number of nitrogens with zero attached hydrogens (tertiary/aromatic N) is 3. The quantitative estimate of drug-likeness (QED) is 0.797. The first-order valence-electron chi connectivity index (χ1n) is 7.82. The van der Waals surface area contributed by atoms with E-state index in [4.69, 9.17) is 15.1 Å². The van der Waals surface area contributed by atoms with Crippen molar-refractivity contribution in [2.24, 2.45) is 5.73 Å². The van der Waals surface area contributed by atoms with Gasteiger partial charge in [0.15, 0.2) is 5.76 Å². The average Bonchev–Trinajstić information content (AvgIpc) is 3.08. The van der Waals surface area contributed by atoms with Crippen molar-refractivity contribution in [3.05, 3.63) is 54.8 Å². The Morgan fingerprint density at radius 3 is 2.54 bits per heavy atom. The van der Waals surface area contributed by atoms with Gasteiger partial charge in [-0.15, -0.1) is 0 Å². The predicted octanol–water partition coefficient (Wildman–Crippen LogP) is 2.71. The first kappa shape index (κ1) is 14.6. The monoisotopic (exact) mass is 320 g/mol. The van der Waals surface area contributed by atoms with Crippen LogP contribution in [0.4, 0.5) is 0 Å². The molecule has 0 atom stereocenters. The maximum atomic E-state index is 12.0. The molecule has 2 N–H and O–H groups in total. The lowest BCUT2D eigenvalue weighted by Gasteiger charge is -2.38. The number of hydrogen-bond acceptors (Lipinski definition) is 5. The fourth-order valence-electron chi connectivity index (χ4n) is 3.08. The number of carbonyl (C=O) groups excluding carboxylic acids is 1. The fraction of sp³-hybridized carbons (Fsp3) is 0.222. The van der Waals surface area contributed by atoms with Gasteiger partial charge in [0, 0.05) is 18.0 Å². The highest BCUT2D eigenvalue weighted by Gasteiger charge is 2.46. The summed E-state index contributed by atoms with van der Waals surface area (Å²) in [5.74, 6) is 0.264. The Hall–Kier alpha value is -3.02. The van der Waals surface area contributed by atoms with Gasteiger partial charge in [0.25, 0.3) is 0 Å². The highest BCUT2D eigenvalue weighted by Crippen LogP contribution is 2.43. The number of primary amides is 1. The van der Waals surface area contributed by atoms with Gasteiger partial charge in [0.2, 0.25) is 5.91 Å². The topological polar surface area (TPSA) is 94.9 Å². The fourth-order valence-corrected chi connectivity index (χ4v) is 3.08. The number of amides is 1. The van der Waals surface area contributed by atoms with Gasteiger partial charge in [-0.1, -0.05) is 6.42 Å². The lowest BCUT2D eigenvalue weighted by Crippen LogP contribution is -2.47. The zero-order valence-electron chi connectivity index (χ0n) is 13.0. The Kier molecular flexibility index (Phi) is 3.37. The van der Waals surface area contributed by atoms with Crippen LogP contribution in [-0.2, 0) is 10.2 Å². The van der Waals surface area contributed by atoms with Crippen LogP contribution in [0.5, 0.6) is 0 Å². The van der Waals surface area contributed by atoms with E-state index in [2.05, 4.69) is 9.97 Å². The van der Waals surface area contributed by atoms with E-state index in [9.17, 15) is 4.79 Å². The molecular weight excluding hydrogens is 304 g/mol. The van der Waals surface area contributed by atoms with Crippen LogP contribution < -0.4 is 5.73 Å². The van der Waals surface area contributed by atoms with Crippen molar-refractivity contribution in [3.8, 4) is 22.7 Å². The van der Waals surface area contributed by atoms with Gasteiger partial charge in [-0.3, -0.25) is 14.8 Å². The molecular formula is C18H16N4O2. The molecule has 1 amide bonds. The van der Waals surface area contributed by atoms with Gasteiger partial charge in [0.1, 0.15) is 5.69 Å². The summed E-state index contributed by atoms with van der Waals surface area (Å²) in [5.41, 5.74) is 7.74. The largest absolute Gasteiger partial charge is 0.463 e. The molecule has 4 rings (SSSR count). The highest BCUT2D eigenvalue weighted by atomic mass is 16.3. The molecule has 1 fully saturated rings. The molecule has 6 heteroatoms. The molecule has 1 saturated carbocycles. The normalized spacial score (nSPS) is 15.7. The third-order valence-electron chi connectivity index (χ3n) is 4.65. The number of hydrogen-bond donors (Lipinski definition) is 1. The van der Waals surface area contributed by atoms with E-state index in [1.165, 1.54) is 0 Å². The summed E-state index contributed by atoms with van der Waals surface area (Å²) in [7, 11) is 0. The van der Waals surface area contributed by atoms with Crippen LogP contribution >= 0.6 is 0 Å². The molecule has 6 nitrogen and oxygen atoms in total. The van der Waals surface area contributed by atoms with Crippen LogP contribution in [-0.4, -0.2) is 20.9 Å². The van der Waals surface area contributed by atoms with Gasteiger partial charge in [-0.2, -0.15) is 0 Å². The van der Waals surface area contributed by atoms with Crippen molar-refractivity contribution in [3.63, 3.8) is 0 Å². The van der Waals surface area contributed by atoms with Crippen LogP contribution in [0.15, 0.2) is 53.5 Å². The number of rotatable bonds is 4. The number of furan rings is 1. The van der Waals surface area contributed by atoms with E-state index in [-0.39, 0.29) is 5.91 Å². The molecule has 0 spiro atoms. The Morgan fingerprint density at radius 2 is 1.96 bits per heavy atom. The Morgan fingerprint density at radius 1 is 1.17 bits per heavy atom. The number of pyridine rings is 1. The minimum atomic E-state index is -0.703. The summed E-state index contributed by atoms with van der Waals surface area (Å²) in [5, 5.41) is 0. The zero-order chi connectivity index (χ0) is 16.6. The lowest BCUT2D eigenvalue weighted by molar-refractivity contribution is -0.126. The Bertz CT molecular complexity index is 871. The molecule has 0 bridgehead atoms. The van der Waals surface area contributed by atoms with E-state index >= 15 is 0 Å². The molecule has 120 valence electrons. The van der Waals surface area contributed by atoms with Crippen molar-refractivity contribution < 1.29 is 9.21 Å². The highest BCUT2D eigenvalue weighted by molar-refractivity contribution is 5.87. The van der Waals surface area contributed by atoms with Crippen molar-refractivity contribution in [2.45, 2.75) is 24.7 Å². The number of carbonyl (C=O) groups is 1. The maximum absolute atomic E-state index is 12.0. The second-order valence-electron chi connectivity index (χ2n) is 5.97. The van der Waals surface area contributed by atoms with Crippen LogP contribution in [0.1, 0.15) is 25.0 Å². The summed E-state index contributed by atoms with van der Waals surface area (Å²) in [4.78, 5) is 25.3. The van der Waals surface area contributed by atoms with E-state index in [1.54, 1.807) is 30.9 Å². The third kappa shape index (κ3) is 2.19. The molecule has 0 saturated heterocycles. The molecule has 24 heavy (non-hydrogen) atoms. The minimum Gasteiger partial charge on any atom is -0.463 e. The van der Waals surface area contributed by atoms with Crippen molar-refractivity contribution in [2.75, 3.05) is 0 Å². The van der Waals surface area contributed by atoms with Gasteiger partial charge in [-0.25, -0.2) is 4.98 Å². The summed E-state index contributed by atoms with van der Waals surface area (Å²) in [6.07, 6.45) is 9.04. The molecule has 3 heterocycles. The summed E-state index contributed by atoms with van der Waals surface area (Å²) >= 11 is 0. The maximum Gasteiger partial charge on any atom is 0.229 e. The van der Waals surface area contributed by atoms with Crippen molar-refractivity contribution >= 4 is 5.91 Å². The summed E-state index contributed by atoms with van der Waals surface area (Å²) in [6.45, 7) is 0. The Labute approximate surface area is 138 Å². The molecule has 1 aliphatic carbocycles. The second kappa shape index (κ2) is 5.56. The van der Waals surface area contributed by atoms with E-state index < -0.39 is 5.41 Å². The van der Waals surface area contributed by atoms with Crippen LogP contribution in [0, 0.1) is 0 Å². The van der Waals surface area contributed by atoms with Crippen molar-refractivity contribution in [1.82, 2.24) is 15.0 Å². The van der Waals surface area contributed by atoms with Gasteiger partial charge in [0.05, 0.1) is 29.3 Å². The first-order chi connectivity index (χ1) is 11.7. The van der Waals surface area contributed by atoms with E-state index in [0.29, 0.717) is 35.7 Å². The van der Waals surface area contributed by atoms with Crippen molar-refractivity contribution in [1.29, 1.82) is 0 Å². The minimum absolute atomic E-state index is 0.342. The molecule has 3 aromatic heterocycles. The predicted molar refractivity (Wildman–Crippen MR) is 87.7 cm³/mol. The second-order valence-corrected chi connectivity index (χ2v) is 5.97. The average molecular weight is 320 g/mol. The van der Waals surface area contributed by atoms with Gasteiger partial charge >= 0.3 is 0 Å². The SMILES string of the molecule is NC(=O)C1(c2cnc(-c3ccncc3)c(-c3ccco3)n2)CCC1. The molecule has 0 unspecified atom stereocenters. The molecule has 3 aromatic rings. The van der Waals surface area contributed by atoms with Crippen LogP contribution in [0.3, 0.4) is 0 Å². The van der Waals surface area contributed by atoms with E-state index in [0.717, 1.165) is 12.0 Å². The number of nitrogens with two attached hydrogens (primary N) is 1. The third-order valence-corrected chi connectivity index (χ3v) is 4.65. The number of aromatic nitrogens is 3. The van der Waals surface area contributed by atoms with Crippen LogP contribution in [0.25, 0.3) is 22.7 Å². The standard InChI is InChI=1S/C18H16N4O2/c19-17(23)18(6-2-7-18)14-11-21-15(12-4-8-20-9-5-12)16(22-14)13-3-1-10-24-13/h1,3-5,8-11H,2,6-7H2,(H2,19,23). The molecule has 1 aliphatic rings. The van der Waals surface area contributed by atoms with Crippen LogP contribution in [0.2, 0.25) is 0 Å². The Balaban J connectivity index is 1.89. The molecule has 0 radical (unpaired) electrons. The van der Waals surface area contributed by atoms with E-state index in [1.807, 2.05) is 18.2 Å². The summed E-state index contributed by atoms with van der Waals surface area (Å²) < 4.78 is 5.53. The van der Waals surface area contributed by atoms with Gasteiger partial charge < -0.3 is 10.2 Å². The lowest BCUT2D eigenvalue weighted by atomic mass is 9.66. The zero-order valence-corrected chi connectivity index (χ0v) is 13.0. The smallest absolute Gasteiger partial charge is 0.229 e. The first-order valence-corrected chi connectivity index (χ1v) is 7.82. The summed E-state index contributed by atoms with van der Waals surface area (Å²) in [6, 6.07) is 7.36. The van der Waals surface area contributed by atoms with Gasteiger partial charge in [-0.05, 0) is 37.1 Å². The molecule has 0 aliphatic heterocycles.